The molecule has 4 rings (SSSR count). The Morgan fingerprint density at radius 2 is 1.74 bits per heavy atom. The summed E-state index contributed by atoms with van der Waals surface area (Å²) in [4.78, 5) is 35.6. The summed E-state index contributed by atoms with van der Waals surface area (Å²) in [6.07, 6.45) is 3.03. The number of carbonyl (C=O) groups is 2. The highest BCUT2D eigenvalue weighted by Gasteiger charge is 2.36. The Kier molecular flexibility index (Phi) is 6.48. The Hall–Kier alpha value is -4.34. The third-order valence-corrected chi connectivity index (χ3v) is 5.48. The maximum absolute atomic E-state index is 12.8. The van der Waals surface area contributed by atoms with Crippen LogP contribution in [0.3, 0.4) is 0 Å². The van der Waals surface area contributed by atoms with Crippen LogP contribution < -0.4 is 24.4 Å². The summed E-state index contributed by atoms with van der Waals surface area (Å²) in [5.74, 6) is 0.727. The number of phenolic OH excluding ortho intramolecular Hbond substituents is 1. The Morgan fingerprint density at radius 3 is 2.32 bits per heavy atom. The molecule has 176 valence electrons. The number of benzene rings is 2. The summed E-state index contributed by atoms with van der Waals surface area (Å²) in [5.41, 5.74) is 1.61. The maximum Gasteiger partial charge on any atom is 0.229 e. The van der Waals surface area contributed by atoms with E-state index in [0.29, 0.717) is 40.0 Å². The van der Waals surface area contributed by atoms with Crippen molar-refractivity contribution < 1.29 is 28.9 Å². The molecule has 0 radical (unpaired) electrons. The summed E-state index contributed by atoms with van der Waals surface area (Å²) in [5, 5.41) is 12.4. The van der Waals surface area contributed by atoms with E-state index in [1.165, 1.54) is 38.6 Å². The first-order valence-electron chi connectivity index (χ1n) is 10.5. The third kappa shape index (κ3) is 4.56. The fraction of sp³-hybridized carbons (Fsp3) is 0.250. The van der Waals surface area contributed by atoms with Crippen molar-refractivity contribution in [2.75, 3.05) is 38.1 Å². The quantitative estimate of drug-likeness (QED) is 0.547. The maximum atomic E-state index is 12.8. The molecule has 1 aliphatic heterocycles. The number of ether oxygens (including phenoxy) is 3. The number of nitrogens with zero attached hydrogens (tertiary/aromatic N) is 3. The molecule has 34 heavy (non-hydrogen) atoms. The van der Waals surface area contributed by atoms with Gasteiger partial charge in [0.15, 0.2) is 17.3 Å². The van der Waals surface area contributed by atoms with E-state index < -0.39 is 5.92 Å². The predicted octanol–water partition coefficient (Wildman–Crippen LogP) is 2.87. The molecule has 10 nitrogen and oxygen atoms in total. The number of rotatable bonds is 7. The minimum absolute atomic E-state index is 0.0602. The van der Waals surface area contributed by atoms with Crippen molar-refractivity contribution in [1.29, 1.82) is 0 Å². The molecule has 1 fully saturated rings. The van der Waals surface area contributed by atoms with Crippen molar-refractivity contribution >= 4 is 23.2 Å². The monoisotopic (exact) mass is 464 g/mol. The molecule has 1 saturated heterocycles. The molecule has 0 bridgehead atoms. The smallest absolute Gasteiger partial charge is 0.229 e. The Morgan fingerprint density at radius 1 is 1.06 bits per heavy atom. The van der Waals surface area contributed by atoms with Gasteiger partial charge in [-0.25, -0.2) is 9.97 Å². The normalized spacial score (nSPS) is 15.2. The van der Waals surface area contributed by atoms with Crippen LogP contribution in [-0.4, -0.2) is 54.8 Å². The molecule has 2 heterocycles. The van der Waals surface area contributed by atoms with Gasteiger partial charge in [-0.05, 0) is 12.1 Å². The van der Waals surface area contributed by atoms with Crippen LogP contribution in [0.1, 0.15) is 6.42 Å². The van der Waals surface area contributed by atoms with Gasteiger partial charge in [0, 0.05) is 30.7 Å². The second kappa shape index (κ2) is 9.65. The van der Waals surface area contributed by atoms with Crippen LogP contribution >= 0.6 is 0 Å². The zero-order valence-electron chi connectivity index (χ0n) is 18.9. The summed E-state index contributed by atoms with van der Waals surface area (Å²) < 4.78 is 16.1. The van der Waals surface area contributed by atoms with Gasteiger partial charge in [-0.3, -0.25) is 9.59 Å². The van der Waals surface area contributed by atoms with Crippen molar-refractivity contribution in [2.24, 2.45) is 5.92 Å². The van der Waals surface area contributed by atoms with Crippen molar-refractivity contribution in [3.8, 4) is 34.4 Å². The zero-order valence-corrected chi connectivity index (χ0v) is 18.9. The van der Waals surface area contributed by atoms with E-state index in [-0.39, 0.29) is 30.5 Å². The minimum atomic E-state index is -0.558. The van der Waals surface area contributed by atoms with Crippen LogP contribution in [0, 0.1) is 5.92 Å². The number of anilines is 2. The molecule has 0 aliphatic carbocycles. The first-order chi connectivity index (χ1) is 16.4. The molecule has 2 aromatic carbocycles. The number of carbonyl (C=O) groups excluding carboxylic acids is 2. The van der Waals surface area contributed by atoms with Crippen LogP contribution in [0.25, 0.3) is 11.4 Å². The van der Waals surface area contributed by atoms with Gasteiger partial charge in [0.1, 0.15) is 5.75 Å². The molecule has 10 heteroatoms. The molecular weight excluding hydrogens is 440 g/mol. The molecule has 0 spiro atoms. The number of aromatic hydroxyl groups is 1. The number of amides is 2. The summed E-state index contributed by atoms with van der Waals surface area (Å²) in [7, 11) is 4.50. The molecular formula is C24H24N4O6. The molecule has 2 N–H and O–H groups in total. The van der Waals surface area contributed by atoms with E-state index in [1.54, 1.807) is 36.4 Å². The van der Waals surface area contributed by atoms with Gasteiger partial charge in [0.2, 0.25) is 17.6 Å². The van der Waals surface area contributed by atoms with Crippen LogP contribution in [0.2, 0.25) is 0 Å². The fourth-order valence-electron chi connectivity index (χ4n) is 3.79. The second-order valence-corrected chi connectivity index (χ2v) is 7.62. The predicted molar refractivity (Wildman–Crippen MR) is 124 cm³/mol. The van der Waals surface area contributed by atoms with Gasteiger partial charge in [0.05, 0.1) is 51.0 Å². The van der Waals surface area contributed by atoms with Crippen LogP contribution in [0.4, 0.5) is 11.4 Å². The lowest BCUT2D eigenvalue weighted by atomic mass is 10.1. The van der Waals surface area contributed by atoms with Crippen LogP contribution in [0.15, 0.2) is 48.8 Å². The van der Waals surface area contributed by atoms with Crippen LogP contribution in [0.5, 0.6) is 23.0 Å². The van der Waals surface area contributed by atoms with Gasteiger partial charge < -0.3 is 29.5 Å². The molecule has 1 aliphatic rings. The molecule has 2 amide bonds. The number of methoxy groups -OCH3 is 3. The van der Waals surface area contributed by atoms with Gasteiger partial charge in [-0.15, -0.1) is 0 Å². The van der Waals surface area contributed by atoms with Crippen molar-refractivity contribution in [1.82, 2.24) is 9.97 Å². The van der Waals surface area contributed by atoms with Crippen LogP contribution in [-0.2, 0) is 9.59 Å². The average molecular weight is 464 g/mol. The Bertz CT molecular complexity index is 1190. The summed E-state index contributed by atoms with van der Waals surface area (Å²) in [6, 6.07) is 9.93. The second-order valence-electron chi connectivity index (χ2n) is 7.62. The first-order valence-corrected chi connectivity index (χ1v) is 10.5. The van der Waals surface area contributed by atoms with Gasteiger partial charge in [0.25, 0.3) is 0 Å². The largest absolute Gasteiger partial charge is 0.508 e. The molecule has 1 aromatic heterocycles. The summed E-state index contributed by atoms with van der Waals surface area (Å²) in [6.45, 7) is 0.200. The highest BCUT2D eigenvalue weighted by Crippen LogP contribution is 2.42. The van der Waals surface area contributed by atoms with E-state index in [9.17, 15) is 14.7 Å². The van der Waals surface area contributed by atoms with Crippen molar-refractivity contribution in [3.63, 3.8) is 0 Å². The van der Waals surface area contributed by atoms with E-state index >= 15 is 0 Å². The highest BCUT2D eigenvalue weighted by atomic mass is 16.5. The van der Waals surface area contributed by atoms with Gasteiger partial charge in [-0.1, -0.05) is 12.1 Å². The standard InChI is InChI=1S/C24H24N4O6/c1-32-19-9-17(10-20(33-2)22(19)34-3)28-13-15(8-21(28)30)24(31)27-16-11-25-23(26-12-16)14-5-4-6-18(29)7-14/h4-7,9-12,15,29H,8,13H2,1-3H3,(H,27,31). The van der Waals surface area contributed by atoms with Gasteiger partial charge in [-0.2, -0.15) is 0 Å². The lowest BCUT2D eigenvalue weighted by Crippen LogP contribution is -2.28. The van der Waals surface area contributed by atoms with E-state index in [2.05, 4.69) is 15.3 Å². The lowest BCUT2D eigenvalue weighted by Gasteiger charge is -2.20. The zero-order chi connectivity index (χ0) is 24.2. The fourth-order valence-corrected chi connectivity index (χ4v) is 3.79. The van der Waals surface area contributed by atoms with E-state index in [0.717, 1.165) is 0 Å². The number of hydrogen-bond acceptors (Lipinski definition) is 8. The summed E-state index contributed by atoms with van der Waals surface area (Å²) >= 11 is 0. The minimum Gasteiger partial charge on any atom is -0.508 e. The lowest BCUT2D eigenvalue weighted by molar-refractivity contribution is -0.122. The molecule has 3 aromatic rings. The van der Waals surface area contributed by atoms with E-state index in [4.69, 9.17) is 14.2 Å². The number of phenols is 1. The molecule has 1 atom stereocenters. The SMILES string of the molecule is COc1cc(N2CC(C(=O)Nc3cnc(-c4cccc(O)c4)nc3)CC2=O)cc(OC)c1OC. The first kappa shape index (κ1) is 22.8. The third-order valence-electron chi connectivity index (χ3n) is 5.48. The van der Waals surface area contributed by atoms with E-state index in [1.807, 2.05) is 0 Å². The molecule has 1 unspecified atom stereocenters. The number of nitrogens with one attached hydrogen (secondary N) is 1. The highest BCUT2D eigenvalue weighted by molar-refractivity contribution is 6.03. The molecule has 0 saturated carbocycles. The van der Waals surface area contributed by atoms with Crippen molar-refractivity contribution in [3.05, 3.63) is 48.8 Å². The Balaban J connectivity index is 1.46. The number of aromatic nitrogens is 2. The van der Waals surface area contributed by atoms with Gasteiger partial charge >= 0.3 is 0 Å². The average Bonchev–Trinajstić information content (AvgIpc) is 3.25. The number of hydrogen-bond donors (Lipinski definition) is 2. The van der Waals surface area contributed by atoms with Crippen molar-refractivity contribution in [2.45, 2.75) is 6.42 Å². The topological polar surface area (TPSA) is 123 Å². The Labute approximate surface area is 196 Å².